The molecular weight excluding hydrogens is 162 g/mol. The summed E-state index contributed by atoms with van der Waals surface area (Å²) in [5, 5.41) is 10.1. The van der Waals surface area contributed by atoms with E-state index in [0.717, 1.165) is 19.3 Å². The van der Waals surface area contributed by atoms with E-state index in [2.05, 4.69) is 25.9 Å². The van der Waals surface area contributed by atoms with Crippen molar-refractivity contribution in [2.45, 2.75) is 57.1 Å². The first-order valence-electron chi connectivity index (χ1n) is 5.49. The van der Waals surface area contributed by atoms with Gasteiger partial charge >= 0.3 is 0 Å². The molecule has 1 aliphatic rings. The fourth-order valence-corrected chi connectivity index (χ4v) is 2.62. The quantitative estimate of drug-likeness (QED) is 0.727. The molecule has 2 heteroatoms. The molecule has 1 fully saturated rings. The van der Waals surface area contributed by atoms with Crippen molar-refractivity contribution in [2.75, 3.05) is 14.1 Å². The molecule has 1 N–H and O–H groups in total. The molecule has 0 bridgehead atoms. The van der Waals surface area contributed by atoms with Crippen molar-refractivity contribution in [3.8, 4) is 0 Å². The summed E-state index contributed by atoms with van der Waals surface area (Å²) in [5.74, 6) is 0. The zero-order valence-electron chi connectivity index (χ0n) is 9.21. The molecule has 1 atom stereocenters. The Hall–Kier alpha value is -0.0800. The molecule has 0 aromatic rings. The van der Waals surface area contributed by atoms with Gasteiger partial charge in [-0.1, -0.05) is 26.2 Å². The van der Waals surface area contributed by atoms with Gasteiger partial charge in [0.2, 0.25) is 0 Å². The van der Waals surface area contributed by atoms with E-state index in [4.69, 9.17) is 0 Å². The van der Waals surface area contributed by atoms with E-state index < -0.39 is 0 Å². The third kappa shape index (κ3) is 2.05. The van der Waals surface area contributed by atoms with Crippen LogP contribution in [-0.4, -0.2) is 35.7 Å². The minimum Gasteiger partial charge on any atom is -0.391 e. The summed E-state index contributed by atoms with van der Waals surface area (Å²) in [6, 6.07) is 0. The first kappa shape index (κ1) is 11.0. The third-order valence-electron chi connectivity index (χ3n) is 3.62. The summed E-state index contributed by atoms with van der Waals surface area (Å²) in [5.41, 5.74) is 0.0764. The van der Waals surface area contributed by atoms with Crippen LogP contribution in [0.2, 0.25) is 0 Å². The van der Waals surface area contributed by atoms with Crippen molar-refractivity contribution in [1.29, 1.82) is 0 Å². The van der Waals surface area contributed by atoms with Crippen LogP contribution in [0.4, 0.5) is 0 Å². The molecular formula is C11H23NO. The van der Waals surface area contributed by atoms with Crippen molar-refractivity contribution in [3.63, 3.8) is 0 Å². The number of rotatable bonds is 3. The molecule has 0 saturated heterocycles. The predicted molar refractivity (Wildman–Crippen MR) is 55.8 cm³/mol. The largest absolute Gasteiger partial charge is 0.391 e. The zero-order chi connectivity index (χ0) is 9.90. The monoisotopic (exact) mass is 185 g/mol. The Morgan fingerprint density at radius 3 is 2.15 bits per heavy atom. The van der Waals surface area contributed by atoms with Gasteiger partial charge in [-0.25, -0.2) is 0 Å². The lowest BCUT2D eigenvalue weighted by Gasteiger charge is -2.46. The van der Waals surface area contributed by atoms with E-state index in [9.17, 15) is 5.11 Å². The molecule has 1 saturated carbocycles. The maximum atomic E-state index is 10.1. The second-order valence-electron chi connectivity index (χ2n) is 4.48. The van der Waals surface area contributed by atoms with Crippen LogP contribution in [0.1, 0.15) is 45.4 Å². The zero-order valence-corrected chi connectivity index (χ0v) is 9.21. The van der Waals surface area contributed by atoms with Gasteiger partial charge in [0.1, 0.15) is 0 Å². The SMILES string of the molecule is CCC(O)C1(N(C)C)CCCCC1. The van der Waals surface area contributed by atoms with Crippen LogP contribution in [0.15, 0.2) is 0 Å². The Balaban J connectivity index is 2.72. The second-order valence-corrected chi connectivity index (χ2v) is 4.48. The van der Waals surface area contributed by atoms with Gasteiger partial charge in [0.05, 0.1) is 6.10 Å². The van der Waals surface area contributed by atoms with Gasteiger partial charge < -0.3 is 10.0 Å². The van der Waals surface area contributed by atoms with E-state index in [1.807, 2.05) is 0 Å². The number of hydrogen-bond acceptors (Lipinski definition) is 2. The van der Waals surface area contributed by atoms with E-state index in [1.165, 1.54) is 19.3 Å². The van der Waals surface area contributed by atoms with Crippen LogP contribution in [0.3, 0.4) is 0 Å². The molecule has 2 nitrogen and oxygen atoms in total. The minimum absolute atomic E-state index is 0.0764. The number of aliphatic hydroxyl groups excluding tert-OH is 1. The Kier molecular flexibility index (Phi) is 3.74. The molecule has 1 rings (SSSR count). The third-order valence-corrected chi connectivity index (χ3v) is 3.62. The van der Waals surface area contributed by atoms with E-state index in [0.29, 0.717) is 0 Å². The molecule has 0 aromatic carbocycles. The number of hydrogen-bond donors (Lipinski definition) is 1. The van der Waals surface area contributed by atoms with Crippen molar-refractivity contribution in [2.24, 2.45) is 0 Å². The van der Waals surface area contributed by atoms with Crippen LogP contribution >= 0.6 is 0 Å². The number of nitrogens with zero attached hydrogens (tertiary/aromatic N) is 1. The highest BCUT2D eigenvalue weighted by Crippen LogP contribution is 2.35. The molecule has 0 heterocycles. The Morgan fingerprint density at radius 2 is 1.77 bits per heavy atom. The summed E-state index contributed by atoms with van der Waals surface area (Å²) in [6.07, 6.45) is 6.93. The maximum absolute atomic E-state index is 10.1. The highest BCUT2D eigenvalue weighted by atomic mass is 16.3. The van der Waals surface area contributed by atoms with Gasteiger partial charge in [0.25, 0.3) is 0 Å². The molecule has 0 radical (unpaired) electrons. The normalized spacial score (nSPS) is 24.7. The molecule has 0 spiro atoms. The molecule has 0 aliphatic heterocycles. The average molecular weight is 185 g/mol. The maximum Gasteiger partial charge on any atom is 0.0721 e. The van der Waals surface area contributed by atoms with Crippen LogP contribution in [0.25, 0.3) is 0 Å². The summed E-state index contributed by atoms with van der Waals surface area (Å²) in [4.78, 5) is 2.24. The number of likely N-dealkylation sites (N-methyl/N-ethyl adjacent to an activating group) is 1. The van der Waals surface area contributed by atoms with Crippen LogP contribution in [0.5, 0.6) is 0 Å². The summed E-state index contributed by atoms with van der Waals surface area (Å²) < 4.78 is 0. The lowest BCUT2D eigenvalue weighted by atomic mass is 9.76. The van der Waals surface area contributed by atoms with Gasteiger partial charge in [-0.3, -0.25) is 0 Å². The summed E-state index contributed by atoms with van der Waals surface area (Å²) in [6.45, 7) is 2.07. The Morgan fingerprint density at radius 1 is 1.23 bits per heavy atom. The summed E-state index contributed by atoms with van der Waals surface area (Å²) >= 11 is 0. The predicted octanol–water partition coefficient (Wildman–Crippen LogP) is 2.02. The Bertz CT molecular complexity index is 150. The first-order valence-corrected chi connectivity index (χ1v) is 5.49. The first-order chi connectivity index (χ1) is 6.13. The van der Waals surface area contributed by atoms with Crippen molar-refractivity contribution in [1.82, 2.24) is 4.90 Å². The van der Waals surface area contributed by atoms with Gasteiger partial charge in [-0.15, -0.1) is 0 Å². The topological polar surface area (TPSA) is 23.5 Å². The Labute approximate surface area is 81.9 Å². The van der Waals surface area contributed by atoms with Crippen molar-refractivity contribution >= 4 is 0 Å². The lowest BCUT2D eigenvalue weighted by Crippen LogP contribution is -2.54. The standard InChI is InChI=1S/C11H23NO/c1-4-10(13)11(12(2)3)8-6-5-7-9-11/h10,13H,4-9H2,1-3H3. The van der Waals surface area contributed by atoms with Crippen LogP contribution in [0, 0.1) is 0 Å². The van der Waals surface area contributed by atoms with Gasteiger partial charge in [-0.2, -0.15) is 0 Å². The smallest absolute Gasteiger partial charge is 0.0721 e. The summed E-state index contributed by atoms with van der Waals surface area (Å²) in [7, 11) is 4.20. The van der Waals surface area contributed by atoms with Gasteiger partial charge in [0.15, 0.2) is 0 Å². The van der Waals surface area contributed by atoms with Crippen LogP contribution < -0.4 is 0 Å². The van der Waals surface area contributed by atoms with Crippen LogP contribution in [-0.2, 0) is 0 Å². The lowest BCUT2D eigenvalue weighted by molar-refractivity contribution is -0.0331. The average Bonchev–Trinajstić information content (AvgIpc) is 2.17. The van der Waals surface area contributed by atoms with Gasteiger partial charge in [-0.05, 0) is 33.4 Å². The molecule has 13 heavy (non-hydrogen) atoms. The van der Waals surface area contributed by atoms with E-state index in [1.54, 1.807) is 0 Å². The van der Waals surface area contributed by atoms with E-state index in [-0.39, 0.29) is 11.6 Å². The van der Waals surface area contributed by atoms with E-state index >= 15 is 0 Å². The second kappa shape index (κ2) is 4.43. The minimum atomic E-state index is -0.150. The molecule has 0 aromatic heterocycles. The molecule has 0 amide bonds. The fourth-order valence-electron chi connectivity index (χ4n) is 2.62. The molecule has 1 unspecified atom stereocenters. The fraction of sp³-hybridized carbons (Fsp3) is 1.00. The highest BCUT2D eigenvalue weighted by Gasteiger charge is 2.39. The number of aliphatic hydroxyl groups is 1. The highest BCUT2D eigenvalue weighted by molar-refractivity contribution is 4.96. The molecule has 78 valence electrons. The van der Waals surface area contributed by atoms with Gasteiger partial charge in [0, 0.05) is 5.54 Å². The van der Waals surface area contributed by atoms with Crippen molar-refractivity contribution < 1.29 is 5.11 Å². The van der Waals surface area contributed by atoms with Crippen molar-refractivity contribution in [3.05, 3.63) is 0 Å². The molecule has 1 aliphatic carbocycles.